The fourth-order valence-electron chi connectivity index (χ4n) is 2.64. The molecular formula is C15H18N2O4. The van der Waals surface area contributed by atoms with Crippen LogP contribution in [0.2, 0.25) is 0 Å². The van der Waals surface area contributed by atoms with Gasteiger partial charge in [-0.05, 0) is 31.9 Å². The SMILES string of the molecule is CCN(C(=O)N1CC(C(=O)O)Oc2ccccc21)C1CC1. The molecule has 1 aromatic carbocycles. The zero-order chi connectivity index (χ0) is 15.0. The topological polar surface area (TPSA) is 70.1 Å². The van der Waals surface area contributed by atoms with Crippen LogP contribution in [-0.4, -0.2) is 47.2 Å². The van der Waals surface area contributed by atoms with Gasteiger partial charge in [0, 0.05) is 12.6 Å². The maximum absolute atomic E-state index is 12.7. The number of benzene rings is 1. The average Bonchev–Trinajstić information content (AvgIpc) is 3.31. The maximum Gasteiger partial charge on any atom is 0.346 e. The van der Waals surface area contributed by atoms with Gasteiger partial charge < -0.3 is 14.7 Å². The molecule has 6 nitrogen and oxygen atoms in total. The van der Waals surface area contributed by atoms with E-state index in [4.69, 9.17) is 4.74 Å². The van der Waals surface area contributed by atoms with Gasteiger partial charge in [0.15, 0.2) is 0 Å². The summed E-state index contributed by atoms with van der Waals surface area (Å²) >= 11 is 0. The number of ether oxygens (including phenoxy) is 1. The van der Waals surface area contributed by atoms with E-state index in [-0.39, 0.29) is 12.6 Å². The van der Waals surface area contributed by atoms with Crippen molar-refractivity contribution < 1.29 is 19.4 Å². The maximum atomic E-state index is 12.7. The molecule has 1 heterocycles. The lowest BCUT2D eigenvalue weighted by molar-refractivity contribution is -0.144. The van der Waals surface area contributed by atoms with E-state index in [9.17, 15) is 14.7 Å². The third-order valence-electron chi connectivity index (χ3n) is 3.85. The van der Waals surface area contributed by atoms with Gasteiger partial charge >= 0.3 is 12.0 Å². The van der Waals surface area contributed by atoms with E-state index in [1.807, 2.05) is 13.0 Å². The van der Waals surface area contributed by atoms with Gasteiger partial charge in [-0.2, -0.15) is 0 Å². The van der Waals surface area contributed by atoms with Crippen LogP contribution in [0.4, 0.5) is 10.5 Å². The summed E-state index contributed by atoms with van der Waals surface area (Å²) in [5.41, 5.74) is 0.638. The fourth-order valence-corrected chi connectivity index (χ4v) is 2.64. The van der Waals surface area contributed by atoms with Crippen molar-refractivity contribution in [2.45, 2.75) is 31.9 Å². The van der Waals surface area contributed by atoms with Gasteiger partial charge in [-0.1, -0.05) is 12.1 Å². The molecule has 112 valence electrons. The molecule has 1 aliphatic carbocycles. The fraction of sp³-hybridized carbons (Fsp3) is 0.467. The van der Waals surface area contributed by atoms with Gasteiger partial charge in [-0.25, -0.2) is 9.59 Å². The van der Waals surface area contributed by atoms with Gasteiger partial charge in [0.25, 0.3) is 0 Å². The largest absolute Gasteiger partial charge is 0.478 e. The van der Waals surface area contributed by atoms with Gasteiger partial charge in [0.1, 0.15) is 5.75 Å². The lowest BCUT2D eigenvalue weighted by Gasteiger charge is -2.36. The van der Waals surface area contributed by atoms with Crippen molar-refractivity contribution in [1.29, 1.82) is 0 Å². The van der Waals surface area contributed by atoms with Crippen molar-refractivity contribution in [3.05, 3.63) is 24.3 Å². The Kier molecular flexibility index (Phi) is 3.45. The van der Waals surface area contributed by atoms with Crippen LogP contribution in [0.5, 0.6) is 5.75 Å². The third kappa shape index (κ3) is 2.53. The second kappa shape index (κ2) is 5.27. The first-order valence-electron chi connectivity index (χ1n) is 7.18. The van der Waals surface area contributed by atoms with Gasteiger partial charge in [-0.3, -0.25) is 4.90 Å². The Hall–Kier alpha value is -2.24. The molecule has 1 aromatic rings. The highest BCUT2D eigenvalue weighted by molar-refractivity contribution is 5.95. The summed E-state index contributed by atoms with van der Waals surface area (Å²) in [4.78, 5) is 27.3. The first kappa shape index (κ1) is 13.7. The Bertz CT molecular complexity index is 571. The van der Waals surface area contributed by atoms with E-state index in [0.29, 0.717) is 24.0 Å². The lowest BCUT2D eigenvalue weighted by atomic mass is 10.2. The number of anilines is 1. The first-order valence-corrected chi connectivity index (χ1v) is 7.18. The number of rotatable bonds is 3. The number of carboxylic acids is 1. The number of hydrogen-bond donors (Lipinski definition) is 1. The van der Waals surface area contributed by atoms with Gasteiger partial charge in [0.2, 0.25) is 6.10 Å². The molecule has 0 spiro atoms. The van der Waals surface area contributed by atoms with E-state index in [1.54, 1.807) is 23.1 Å². The van der Waals surface area contributed by atoms with Crippen LogP contribution in [0.25, 0.3) is 0 Å². The highest BCUT2D eigenvalue weighted by Gasteiger charge is 2.39. The average molecular weight is 290 g/mol. The molecule has 0 radical (unpaired) electrons. The Morgan fingerprint density at radius 3 is 2.71 bits per heavy atom. The van der Waals surface area contributed by atoms with E-state index in [2.05, 4.69) is 0 Å². The number of para-hydroxylation sites is 2. The van der Waals surface area contributed by atoms with Gasteiger partial charge in [-0.15, -0.1) is 0 Å². The molecule has 2 amide bonds. The van der Waals surface area contributed by atoms with Crippen LogP contribution in [-0.2, 0) is 4.79 Å². The van der Waals surface area contributed by atoms with Crippen LogP contribution in [0.1, 0.15) is 19.8 Å². The predicted molar refractivity (Wildman–Crippen MR) is 76.6 cm³/mol. The summed E-state index contributed by atoms with van der Waals surface area (Å²) in [6.07, 6.45) is 1.02. The number of carboxylic acid groups (broad SMARTS) is 1. The van der Waals surface area contributed by atoms with E-state index < -0.39 is 12.1 Å². The number of urea groups is 1. The standard InChI is InChI=1S/C15H18N2O4/c1-2-16(10-7-8-10)15(20)17-9-13(14(18)19)21-12-6-4-3-5-11(12)17/h3-6,10,13H,2,7-9H2,1H3,(H,18,19). The number of carbonyl (C=O) groups excluding carboxylic acids is 1. The number of aliphatic carboxylic acids is 1. The van der Waals surface area contributed by atoms with Crippen molar-refractivity contribution in [1.82, 2.24) is 4.90 Å². The van der Waals surface area contributed by atoms with E-state index in [1.165, 1.54) is 4.90 Å². The molecule has 0 saturated heterocycles. The molecule has 1 N–H and O–H groups in total. The van der Waals surface area contributed by atoms with Crippen molar-refractivity contribution in [2.24, 2.45) is 0 Å². The summed E-state index contributed by atoms with van der Waals surface area (Å²) in [5, 5.41) is 9.20. The molecule has 1 atom stereocenters. The van der Waals surface area contributed by atoms with Crippen LogP contribution in [0.15, 0.2) is 24.3 Å². The van der Waals surface area contributed by atoms with E-state index in [0.717, 1.165) is 12.8 Å². The molecule has 2 aliphatic rings. The summed E-state index contributed by atoms with van der Waals surface area (Å²) in [7, 11) is 0. The molecule has 6 heteroatoms. The highest BCUT2D eigenvalue weighted by Crippen LogP contribution is 2.35. The zero-order valence-electron chi connectivity index (χ0n) is 11.9. The number of carbonyl (C=O) groups is 2. The summed E-state index contributed by atoms with van der Waals surface area (Å²) in [5.74, 6) is -0.617. The second-order valence-corrected chi connectivity index (χ2v) is 5.32. The Morgan fingerprint density at radius 1 is 1.38 bits per heavy atom. The minimum absolute atomic E-state index is 0.0361. The Morgan fingerprint density at radius 2 is 2.10 bits per heavy atom. The van der Waals surface area contributed by atoms with Crippen LogP contribution in [0.3, 0.4) is 0 Å². The van der Waals surface area contributed by atoms with Crippen LogP contribution >= 0.6 is 0 Å². The zero-order valence-corrected chi connectivity index (χ0v) is 11.9. The summed E-state index contributed by atoms with van der Waals surface area (Å²) < 4.78 is 5.45. The summed E-state index contributed by atoms with van der Waals surface area (Å²) in [6, 6.07) is 7.22. The molecule has 3 rings (SSSR count). The monoisotopic (exact) mass is 290 g/mol. The van der Waals surface area contributed by atoms with Crippen molar-refractivity contribution in [2.75, 3.05) is 18.0 Å². The number of nitrogens with zero attached hydrogens (tertiary/aromatic N) is 2. The normalized spacial score (nSPS) is 20.4. The van der Waals surface area contributed by atoms with Crippen molar-refractivity contribution in [3.63, 3.8) is 0 Å². The van der Waals surface area contributed by atoms with Gasteiger partial charge in [0.05, 0.1) is 12.2 Å². The number of fused-ring (bicyclic) bond motifs is 1. The third-order valence-corrected chi connectivity index (χ3v) is 3.85. The first-order chi connectivity index (χ1) is 10.1. The highest BCUT2D eigenvalue weighted by atomic mass is 16.5. The minimum Gasteiger partial charge on any atom is -0.478 e. The molecule has 1 unspecified atom stereocenters. The Balaban J connectivity index is 1.92. The molecule has 1 fully saturated rings. The lowest BCUT2D eigenvalue weighted by Crippen LogP contribution is -2.52. The molecular weight excluding hydrogens is 272 g/mol. The van der Waals surface area contributed by atoms with Crippen molar-refractivity contribution in [3.8, 4) is 5.75 Å². The molecule has 0 aromatic heterocycles. The molecule has 1 saturated carbocycles. The van der Waals surface area contributed by atoms with E-state index >= 15 is 0 Å². The van der Waals surface area contributed by atoms with Crippen LogP contribution < -0.4 is 9.64 Å². The Labute approximate surface area is 122 Å². The minimum atomic E-state index is -1.06. The quantitative estimate of drug-likeness (QED) is 0.923. The molecule has 0 bridgehead atoms. The predicted octanol–water partition coefficient (Wildman–Crippen LogP) is 1.94. The summed E-state index contributed by atoms with van der Waals surface area (Å²) in [6.45, 7) is 2.60. The van der Waals surface area contributed by atoms with Crippen LogP contribution in [0, 0.1) is 0 Å². The number of amides is 2. The molecule has 21 heavy (non-hydrogen) atoms. The van der Waals surface area contributed by atoms with Crippen molar-refractivity contribution >= 4 is 17.7 Å². The number of hydrogen-bond acceptors (Lipinski definition) is 3. The smallest absolute Gasteiger partial charge is 0.346 e. The molecule has 1 aliphatic heterocycles. The second-order valence-electron chi connectivity index (χ2n) is 5.32.